The van der Waals surface area contributed by atoms with Crippen LogP contribution in [0.15, 0.2) is 36.5 Å². The third-order valence-electron chi connectivity index (χ3n) is 5.10. The SMILES string of the molecule is CCCCCCNC(=O)/C=C\C(=O)[O-].CCCCCCNC(=O)/C=C\C(=O)[O-].CCCCCCNC(=O)/C=C\C(=O)[O-].[La+3]. The van der Waals surface area contributed by atoms with E-state index in [1.165, 1.54) is 0 Å². The van der Waals surface area contributed by atoms with Crippen molar-refractivity contribution in [1.29, 1.82) is 0 Å². The van der Waals surface area contributed by atoms with Crippen LogP contribution in [0.25, 0.3) is 0 Å². The molecule has 0 aromatic carbocycles. The smallest absolute Gasteiger partial charge is 0.545 e. The van der Waals surface area contributed by atoms with Crippen LogP contribution in [0.4, 0.5) is 0 Å². The summed E-state index contributed by atoms with van der Waals surface area (Å²) in [5, 5.41) is 37.6. The third-order valence-corrected chi connectivity index (χ3v) is 5.10. The van der Waals surface area contributed by atoms with Crippen LogP contribution in [0.1, 0.15) is 97.8 Å². The fourth-order valence-electron chi connectivity index (χ4n) is 2.90. The van der Waals surface area contributed by atoms with Crippen LogP contribution in [-0.4, -0.2) is 55.3 Å². The molecule has 0 fully saturated rings. The molecule has 0 heterocycles. The normalized spacial score (nSPS) is 10.1. The topological polar surface area (TPSA) is 208 Å². The van der Waals surface area contributed by atoms with Gasteiger partial charge in [0.25, 0.3) is 0 Å². The molecule has 0 aliphatic carbocycles. The van der Waals surface area contributed by atoms with Crippen LogP contribution in [0.3, 0.4) is 0 Å². The number of unbranched alkanes of at least 4 members (excludes halogenated alkanes) is 9. The molecule has 43 heavy (non-hydrogen) atoms. The number of hydrogen-bond donors (Lipinski definition) is 3. The molecule has 3 N–H and O–H groups in total. The van der Waals surface area contributed by atoms with E-state index in [0.717, 1.165) is 114 Å². The number of amides is 3. The summed E-state index contributed by atoms with van der Waals surface area (Å²) >= 11 is 0. The van der Waals surface area contributed by atoms with E-state index in [9.17, 15) is 44.1 Å². The van der Waals surface area contributed by atoms with E-state index in [2.05, 4.69) is 36.7 Å². The fraction of sp³-hybridized carbons (Fsp3) is 0.600. The summed E-state index contributed by atoms with van der Waals surface area (Å²) in [6, 6.07) is 0. The van der Waals surface area contributed by atoms with Gasteiger partial charge in [0.1, 0.15) is 0 Å². The summed E-state index contributed by atoms with van der Waals surface area (Å²) < 4.78 is 0. The van der Waals surface area contributed by atoms with Crippen LogP contribution in [0.2, 0.25) is 0 Å². The molecule has 0 aromatic rings. The number of carboxylic acid groups (broad SMARTS) is 3. The molecule has 0 unspecified atom stereocenters. The van der Waals surface area contributed by atoms with Gasteiger partial charge in [-0.05, 0) is 37.5 Å². The summed E-state index contributed by atoms with van der Waals surface area (Å²) in [4.78, 5) is 62.5. The van der Waals surface area contributed by atoms with Crippen LogP contribution in [-0.2, 0) is 28.8 Å². The minimum absolute atomic E-state index is 0. The van der Waals surface area contributed by atoms with Gasteiger partial charge < -0.3 is 45.7 Å². The Bertz CT molecular complexity index is 750. The Morgan fingerprint density at radius 3 is 0.837 bits per heavy atom. The molecule has 13 heteroatoms. The van der Waals surface area contributed by atoms with Gasteiger partial charge in [0, 0.05) is 37.9 Å². The second-order valence-corrected chi connectivity index (χ2v) is 9.01. The average molecular weight is 734 g/mol. The van der Waals surface area contributed by atoms with Crippen molar-refractivity contribution in [2.24, 2.45) is 0 Å². The molecule has 0 saturated carbocycles. The summed E-state index contributed by atoms with van der Waals surface area (Å²) in [5.41, 5.74) is 0. The van der Waals surface area contributed by atoms with Crippen molar-refractivity contribution in [3.8, 4) is 0 Å². The molecule has 0 bridgehead atoms. The summed E-state index contributed by atoms with van der Waals surface area (Å²) in [7, 11) is 0. The van der Waals surface area contributed by atoms with Crippen LogP contribution in [0.5, 0.6) is 0 Å². The molecule has 12 nitrogen and oxygen atoms in total. The fourth-order valence-corrected chi connectivity index (χ4v) is 2.90. The van der Waals surface area contributed by atoms with E-state index in [0.29, 0.717) is 19.6 Å². The predicted molar refractivity (Wildman–Crippen MR) is 154 cm³/mol. The van der Waals surface area contributed by atoms with E-state index in [1.54, 1.807) is 0 Å². The van der Waals surface area contributed by atoms with E-state index in [1.807, 2.05) is 0 Å². The largest absolute Gasteiger partial charge is 3.00 e. The Morgan fingerprint density at radius 1 is 0.419 bits per heavy atom. The monoisotopic (exact) mass is 733 g/mol. The maximum absolute atomic E-state index is 10.9. The molecule has 0 aliphatic heterocycles. The maximum Gasteiger partial charge on any atom is 3.00 e. The van der Waals surface area contributed by atoms with Crippen molar-refractivity contribution in [2.75, 3.05) is 19.6 Å². The zero-order valence-electron chi connectivity index (χ0n) is 25.8. The zero-order chi connectivity index (χ0) is 32.4. The number of nitrogens with one attached hydrogen (secondary N) is 3. The van der Waals surface area contributed by atoms with Crippen LogP contribution < -0.4 is 31.3 Å². The Balaban J connectivity index is -0.000000262. The van der Waals surface area contributed by atoms with E-state index < -0.39 is 17.9 Å². The van der Waals surface area contributed by atoms with Gasteiger partial charge in [0.05, 0.1) is 17.9 Å². The molecule has 240 valence electrons. The molecule has 0 radical (unpaired) electrons. The van der Waals surface area contributed by atoms with Gasteiger partial charge in [0.2, 0.25) is 17.7 Å². The molecule has 0 aliphatic rings. The van der Waals surface area contributed by atoms with Gasteiger partial charge in [-0.25, -0.2) is 0 Å². The number of aliphatic carboxylic acids is 3. The number of carbonyl (C=O) groups excluding carboxylic acids is 6. The van der Waals surface area contributed by atoms with E-state index >= 15 is 0 Å². The first-order chi connectivity index (χ1) is 20.0. The van der Waals surface area contributed by atoms with Crippen molar-refractivity contribution < 1.29 is 79.7 Å². The number of rotatable bonds is 21. The van der Waals surface area contributed by atoms with Gasteiger partial charge >= 0.3 is 35.6 Å². The van der Waals surface area contributed by atoms with Gasteiger partial charge in [-0.3, -0.25) is 14.4 Å². The van der Waals surface area contributed by atoms with Crippen molar-refractivity contribution in [3.05, 3.63) is 36.5 Å². The molecule has 0 aromatic heterocycles. The molecular formula is C30H48LaN3O9. The van der Waals surface area contributed by atoms with Crippen LogP contribution >= 0.6 is 0 Å². The van der Waals surface area contributed by atoms with Crippen LogP contribution in [0, 0.1) is 35.6 Å². The standard InChI is InChI=1S/3C10H17NO3.La/c3*1-2-3-4-5-8-11-9(12)6-7-10(13)14;/h3*6-7H,2-5,8H2,1H3,(H,11,12)(H,13,14);/q;;;+3/p-3/b3*7-6-;. The molecule has 3 amide bonds. The minimum Gasteiger partial charge on any atom is -0.545 e. The summed E-state index contributed by atoms with van der Waals surface area (Å²) in [5.74, 6) is -5.22. The van der Waals surface area contributed by atoms with E-state index in [4.69, 9.17) is 0 Å². The molecule has 0 saturated heterocycles. The minimum atomic E-state index is -1.36. The number of hydrogen-bond acceptors (Lipinski definition) is 9. The molecule has 0 spiro atoms. The first-order valence-electron chi connectivity index (χ1n) is 14.5. The van der Waals surface area contributed by atoms with Crippen molar-refractivity contribution in [3.63, 3.8) is 0 Å². The number of carbonyl (C=O) groups is 6. The first-order valence-corrected chi connectivity index (χ1v) is 14.5. The second kappa shape index (κ2) is 37.3. The summed E-state index contributed by atoms with van der Waals surface area (Å²) in [6.07, 6.45) is 18.0. The van der Waals surface area contributed by atoms with Crippen molar-refractivity contribution >= 4 is 35.6 Å². The molecular weight excluding hydrogens is 685 g/mol. The van der Waals surface area contributed by atoms with Gasteiger partial charge in [-0.1, -0.05) is 78.6 Å². The third kappa shape index (κ3) is 49.2. The Kier molecular flexibility index (Phi) is 40.9. The zero-order valence-corrected chi connectivity index (χ0v) is 29.4. The predicted octanol–water partition coefficient (Wildman–Crippen LogP) is -0.0330. The Hall–Kier alpha value is -2.77. The van der Waals surface area contributed by atoms with Crippen molar-refractivity contribution in [1.82, 2.24) is 16.0 Å². The Labute approximate surface area is 283 Å². The second-order valence-electron chi connectivity index (χ2n) is 9.01. The van der Waals surface area contributed by atoms with E-state index in [-0.39, 0.29) is 53.3 Å². The van der Waals surface area contributed by atoms with Gasteiger partial charge in [-0.2, -0.15) is 0 Å². The van der Waals surface area contributed by atoms with Gasteiger partial charge in [0.15, 0.2) is 0 Å². The van der Waals surface area contributed by atoms with Gasteiger partial charge in [-0.15, -0.1) is 0 Å². The molecule has 0 rings (SSSR count). The average Bonchev–Trinajstić information content (AvgIpc) is 2.94. The molecule has 0 atom stereocenters. The first kappa shape index (κ1) is 47.2. The van der Waals surface area contributed by atoms with Crippen molar-refractivity contribution in [2.45, 2.75) is 97.8 Å². The maximum atomic E-state index is 10.9. The quantitative estimate of drug-likeness (QED) is 0.107. The Morgan fingerprint density at radius 2 is 0.651 bits per heavy atom. The summed E-state index contributed by atoms with van der Waals surface area (Å²) in [6.45, 7) is 8.12. The number of carboxylic acids is 3.